The molecule has 0 aromatic carbocycles. The minimum Gasteiger partial charge on any atom is -0.325 e. The maximum Gasteiger partial charge on any atom is 0.320 e. The summed E-state index contributed by atoms with van der Waals surface area (Å²) in [7, 11) is 8.29. The summed E-state index contributed by atoms with van der Waals surface area (Å²) in [6, 6.07) is 1.24. The fourth-order valence-electron chi connectivity index (χ4n) is 6.67. The molecule has 4 amide bonds. The molecule has 194 valence electrons. The van der Waals surface area contributed by atoms with Crippen LogP contribution < -0.4 is 0 Å². The molecule has 8 heteroatoms. The standard InChI is InChI=1S/C26H48N6O2/c1-27-13-17-31(18-14-27)25(33)29(3)23-9-5-21(6-10-23)22-7-11-24(12-8-22)30(4)26(34)32-19-15-28(2)16-20-32/h21-24H,5-20H2,1-4H3. The number of nitrogens with zero attached hydrogens (tertiary/aromatic N) is 6. The Balaban J connectivity index is 1.18. The van der Waals surface area contributed by atoms with Crippen LogP contribution in [0, 0.1) is 11.8 Å². The minimum absolute atomic E-state index is 0.227. The molecule has 2 heterocycles. The third-order valence-corrected chi connectivity index (χ3v) is 9.40. The Labute approximate surface area is 207 Å². The van der Waals surface area contributed by atoms with Crippen LogP contribution in [0.3, 0.4) is 0 Å². The molecule has 0 bridgehead atoms. The molecule has 0 aromatic heterocycles. The van der Waals surface area contributed by atoms with Gasteiger partial charge in [-0.05, 0) is 77.3 Å². The summed E-state index contributed by atoms with van der Waals surface area (Å²) in [6.45, 7) is 7.31. The van der Waals surface area contributed by atoms with Crippen molar-refractivity contribution in [3.63, 3.8) is 0 Å². The fraction of sp³-hybridized carbons (Fsp3) is 0.923. The highest BCUT2D eigenvalue weighted by atomic mass is 16.2. The van der Waals surface area contributed by atoms with Gasteiger partial charge >= 0.3 is 12.1 Å². The first-order valence-electron chi connectivity index (χ1n) is 13.7. The summed E-state index contributed by atoms with van der Waals surface area (Å²) in [5, 5.41) is 0. The molecule has 2 saturated carbocycles. The average molecular weight is 477 g/mol. The largest absolute Gasteiger partial charge is 0.325 e. The Hall–Kier alpha value is -1.54. The maximum absolute atomic E-state index is 13.0. The maximum atomic E-state index is 13.0. The predicted octanol–water partition coefficient (Wildman–Crippen LogP) is 2.70. The van der Waals surface area contributed by atoms with Crippen LogP contribution in [-0.4, -0.2) is 134 Å². The summed E-state index contributed by atoms with van der Waals surface area (Å²) >= 11 is 0. The van der Waals surface area contributed by atoms with Crippen LogP contribution >= 0.6 is 0 Å². The van der Waals surface area contributed by atoms with Crippen LogP contribution in [0.25, 0.3) is 0 Å². The SMILES string of the molecule is CN1CCN(C(=O)N(C)C2CCC(C3CCC(N(C)C(=O)N4CCN(C)CC4)CC3)CC2)CC1. The van der Waals surface area contributed by atoms with Gasteiger partial charge in [0.25, 0.3) is 0 Å². The lowest BCUT2D eigenvalue weighted by Gasteiger charge is -2.43. The van der Waals surface area contributed by atoms with E-state index in [4.69, 9.17) is 0 Å². The van der Waals surface area contributed by atoms with Gasteiger partial charge in [0.2, 0.25) is 0 Å². The zero-order valence-corrected chi connectivity index (χ0v) is 22.1. The number of urea groups is 2. The van der Waals surface area contributed by atoms with Crippen LogP contribution in [0.2, 0.25) is 0 Å². The second kappa shape index (κ2) is 11.5. The highest BCUT2D eigenvalue weighted by Gasteiger charge is 2.36. The molecule has 2 saturated heterocycles. The van der Waals surface area contributed by atoms with Gasteiger partial charge in [0.05, 0.1) is 0 Å². The van der Waals surface area contributed by atoms with Crippen molar-refractivity contribution in [3.05, 3.63) is 0 Å². The molecule has 2 aliphatic carbocycles. The summed E-state index contributed by atoms with van der Waals surface area (Å²) in [4.78, 5) is 38.7. The van der Waals surface area contributed by atoms with Gasteiger partial charge in [-0.15, -0.1) is 0 Å². The molecular weight excluding hydrogens is 428 g/mol. The third kappa shape index (κ3) is 5.99. The summed E-state index contributed by atoms with van der Waals surface area (Å²) in [5.74, 6) is 1.59. The Morgan fingerprint density at radius 1 is 0.529 bits per heavy atom. The lowest BCUT2D eigenvalue weighted by atomic mass is 9.71. The average Bonchev–Trinajstić information content (AvgIpc) is 2.88. The van der Waals surface area contributed by atoms with Gasteiger partial charge in [-0.2, -0.15) is 0 Å². The number of likely N-dealkylation sites (N-methyl/N-ethyl adjacent to an activating group) is 2. The molecule has 4 aliphatic rings. The van der Waals surface area contributed by atoms with Gasteiger partial charge < -0.3 is 29.4 Å². The zero-order valence-electron chi connectivity index (χ0n) is 22.1. The molecule has 2 aliphatic heterocycles. The van der Waals surface area contributed by atoms with Crippen molar-refractivity contribution in [2.45, 2.75) is 63.5 Å². The van der Waals surface area contributed by atoms with Crippen molar-refractivity contribution in [3.8, 4) is 0 Å². The zero-order chi connectivity index (χ0) is 24.2. The Bertz CT molecular complexity index is 615. The summed E-state index contributed by atoms with van der Waals surface area (Å²) < 4.78 is 0. The van der Waals surface area contributed by atoms with Crippen LogP contribution in [-0.2, 0) is 0 Å². The van der Waals surface area contributed by atoms with E-state index in [-0.39, 0.29) is 12.1 Å². The molecule has 8 nitrogen and oxygen atoms in total. The van der Waals surface area contributed by atoms with Crippen LogP contribution in [0.4, 0.5) is 9.59 Å². The van der Waals surface area contributed by atoms with Crippen molar-refractivity contribution in [2.75, 3.05) is 80.5 Å². The van der Waals surface area contributed by atoms with Gasteiger partial charge in [-0.1, -0.05) is 0 Å². The van der Waals surface area contributed by atoms with Crippen molar-refractivity contribution < 1.29 is 9.59 Å². The van der Waals surface area contributed by atoms with E-state index in [1.165, 1.54) is 25.7 Å². The van der Waals surface area contributed by atoms with E-state index in [0.29, 0.717) is 12.1 Å². The molecular formula is C26H48N6O2. The van der Waals surface area contributed by atoms with Gasteiger partial charge in [0.1, 0.15) is 0 Å². The van der Waals surface area contributed by atoms with E-state index in [0.717, 1.165) is 89.9 Å². The number of carbonyl (C=O) groups excluding carboxylic acids is 2. The second-order valence-corrected chi connectivity index (χ2v) is 11.5. The van der Waals surface area contributed by atoms with Crippen LogP contribution in [0.5, 0.6) is 0 Å². The van der Waals surface area contributed by atoms with Crippen LogP contribution in [0.15, 0.2) is 0 Å². The van der Waals surface area contributed by atoms with E-state index in [9.17, 15) is 9.59 Å². The van der Waals surface area contributed by atoms with Gasteiger partial charge in [0, 0.05) is 78.5 Å². The number of carbonyl (C=O) groups is 2. The normalized spacial score (nSPS) is 31.9. The first-order chi connectivity index (χ1) is 16.3. The molecule has 4 fully saturated rings. The second-order valence-electron chi connectivity index (χ2n) is 11.5. The Kier molecular flexibility index (Phi) is 8.61. The molecule has 0 spiro atoms. The molecule has 0 unspecified atom stereocenters. The van der Waals surface area contributed by atoms with Gasteiger partial charge in [-0.25, -0.2) is 9.59 Å². The Morgan fingerprint density at radius 2 is 0.824 bits per heavy atom. The summed E-state index contributed by atoms with van der Waals surface area (Å²) in [6.07, 6.45) is 9.55. The number of rotatable bonds is 3. The van der Waals surface area contributed by atoms with E-state index < -0.39 is 0 Å². The van der Waals surface area contributed by atoms with Crippen molar-refractivity contribution in [1.82, 2.24) is 29.4 Å². The lowest BCUT2D eigenvalue weighted by molar-refractivity contribution is 0.0809. The quantitative estimate of drug-likeness (QED) is 0.629. The van der Waals surface area contributed by atoms with Gasteiger partial charge in [0.15, 0.2) is 0 Å². The third-order valence-electron chi connectivity index (χ3n) is 9.40. The predicted molar refractivity (Wildman–Crippen MR) is 136 cm³/mol. The van der Waals surface area contributed by atoms with E-state index in [1.54, 1.807) is 0 Å². The fourth-order valence-corrected chi connectivity index (χ4v) is 6.67. The monoisotopic (exact) mass is 476 g/mol. The van der Waals surface area contributed by atoms with Gasteiger partial charge in [-0.3, -0.25) is 0 Å². The smallest absolute Gasteiger partial charge is 0.320 e. The number of hydrogen-bond acceptors (Lipinski definition) is 4. The molecule has 34 heavy (non-hydrogen) atoms. The molecule has 0 radical (unpaired) electrons. The molecule has 0 aromatic rings. The lowest BCUT2D eigenvalue weighted by Crippen LogP contribution is -2.54. The topological polar surface area (TPSA) is 53.6 Å². The Morgan fingerprint density at radius 3 is 1.12 bits per heavy atom. The highest BCUT2D eigenvalue weighted by molar-refractivity contribution is 5.75. The van der Waals surface area contributed by atoms with E-state index in [2.05, 4.69) is 23.9 Å². The molecule has 4 rings (SSSR count). The molecule has 0 N–H and O–H groups in total. The first kappa shape index (κ1) is 25.5. The number of hydrogen-bond donors (Lipinski definition) is 0. The first-order valence-corrected chi connectivity index (χ1v) is 13.7. The van der Waals surface area contributed by atoms with Crippen molar-refractivity contribution in [2.24, 2.45) is 11.8 Å². The van der Waals surface area contributed by atoms with Crippen LogP contribution in [0.1, 0.15) is 51.4 Å². The van der Waals surface area contributed by atoms with E-state index >= 15 is 0 Å². The number of amides is 4. The highest BCUT2D eigenvalue weighted by Crippen LogP contribution is 2.40. The van der Waals surface area contributed by atoms with Crippen molar-refractivity contribution in [1.29, 1.82) is 0 Å². The minimum atomic E-state index is 0.227. The van der Waals surface area contributed by atoms with E-state index in [1.807, 2.05) is 33.7 Å². The summed E-state index contributed by atoms with van der Waals surface area (Å²) in [5.41, 5.74) is 0. The molecule has 0 atom stereocenters. The number of piperazine rings is 2. The van der Waals surface area contributed by atoms with Crippen molar-refractivity contribution >= 4 is 12.1 Å².